The molecule has 1 aromatic heterocycles. The van der Waals surface area contributed by atoms with Gasteiger partial charge >= 0.3 is 0 Å². The first-order valence-corrected chi connectivity index (χ1v) is 11.9. The van der Waals surface area contributed by atoms with Crippen LogP contribution >= 0.6 is 0 Å². The number of piperidine rings is 2. The van der Waals surface area contributed by atoms with Gasteiger partial charge < -0.3 is 18.8 Å². The van der Waals surface area contributed by atoms with E-state index >= 15 is 0 Å². The lowest BCUT2D eigenvalue weighted by molar-refractivity contribution is -0.231. The standard InChI is InChI=1S/C24H32N4O3/c1-17-25-26-23(30-17)18-7-11-27(12-8-18)21-5-6-22-19(15-21)16-29-24(31-22)9-13-28(14-10-24)20-3-2-4-20/h5-6,15,18,20H,2-4,7-14,16H2,1H3. The number of rotatable bonds is 3. The van der Waals surface area contributed by atoms with E-state index in [-0.39, 0.29) is 0 Å². The summed E-state index contributed by atoms with van der Waals surface area (Å²) < 4.78 is 18.4. The minimum Gasteiger partial charge on any atom is -0.462 e. The lowest BCUT2D eigenvalue weighted by Crippen LogP contribution is -2.54. The highest BCUT2D eigenvalue weighted by molar-refractivity contribution is 5.54. The molecule has 31 heavy (non-hydrogen) atoms. The first kappa shape index (κ1) is 19.6. The second kappa shape index (κ2) is 7.78. The zero-order valence-corrected chi connectivity index (χ0v) is 18.4. The Bertz CT molecular complexity index is 925. The summed E-state index contributed by atoms with van der Waals surface area (Å²) in [5, 5.41) is 8.20. The molecule has 0 unspecified atom stereocenters. The Balaban J connectivity index is 1.08. The molecule has 0 bridgehead atoms. The van der Waals surface area contributed by atoms with Gasteiger partial charge in [-0.1, -0.05) is 6.42 Å². The van der Waals surface area contributed by atoms with Crippen molar-refractivity contribution in [3.8, 4) is 5.75 Å². The third kappa shape index (κ3) is 3.72. The number of nitrogens with zero attached hydrogens (tertiary/aromatic N) is 4. The fraction of sp³-hybridized carbons (Fsp3) is 0.667. The maximum atomic E-state index is 6.46. The molecule has 1 spiro atoms. The van der Waals surface area contributed by atoms with Gasteiger partial charge in [0.05, 0.1) is 6.61 Å². The Morgan fingerprint density at radius 2 is 1.81 bits per heavy atom. The summed E-state index contributed by atoms with van der Waals surface area (Å²) in [6.07, 6.45) is 8.13. The quantitative estimate of drug-likeness (QED) is 0.737. The highest BCUT2D eigenvalue weighted by Crippen LogP contribution is 2.41. The summed E-state index contributed by atoms with van der Waals surface area (Å²) in [7, 11) is 0. The predicted octanol–water partition coefficient (Wildman–Crippen LogP) is 4.02. The summed E-state index contributed by atoms with van der Waals surface area (Å²) in [5.41, 5.74) is 2.42. The Kier molecular flexibility index (Phi) is 4.91. The van der Waals surface area contributed by atoms with Crippen LogP contribution < -0.4 is 9.64 Å². The van der Waals surface area contributed by atoms with Gasteiger partial charge in [-0.05, 0) is 43.9 Å². The van der Waals surface area contributed by atoms with Crippen LogP contribution in [0.2, 0.25) is 0 Å². The Labute approximate surface area is 183 Å². The monoisotopic (exact) mass is 424 g/mol. The van der Waals surface area contributed by atoms with Crippen LogP contribution in [0, 0.1) is 6.92 Å². The average molecular weight is 425 g/mol. The summed E-state index contributed by atoms with van der Waals surface area (Å²) in [6.45, 7) is 6.66. The second-order valence-corrected chi connectivity index (χ2v) is 9.63. The van der Waals surface area contributed by atoms with Crippen molar-refractivity contribution in [2.24, 2.45) is 0 Å². The number of likely N-dealkylation sites (tertiary alicyclic amines) is 1. The van der Waals surface area contributed by atoms with Crippen LogP contribution in [0.4, 0.5) is 5.69 Å². The number of ether oxygens (including phenoxy) is 2. The van der Waals surface area contributed by atoms with Crippen LogP contribution in [0.15, 0.2) is 22.6 Å². The van der Waals surface area contributed by atoms with E-state index in [1.165, 1.54) is 30.5 Å². The van der Waals surface area contributed by atoms with E-state index in [1.54, 1.807) is 0 Å². The van der Waals surface area contributed by atoms with Gasteiger partial charge in [0.25, 0.3) is 0 Å². The van der Waals surface area contributed by atoms with Gasteiger partial charge in [-0.15, -0.1) is 10.2 Å². The molecule has 6 rings (SSSR count). The van der Waals surface area contributed by atoms with E-state index in [2.05, 4.69) is 38.2 Å². The number of benzene rings is 1. The van der Waals surface area contributed by atoms with Gasteiger partial charge in [0.15, 0.2) is 0 Å². The van der Waals surface area contributed by atoms with Gasteiger partial charge in [-0.2, -0.15) is 0 Å². The van der Waals surface area contributed by atoms with Crippen molar-refractivity contribution in [3.05, 3.63) is 35.5 Å². The topological polar surface area (TPSA) is 63.9 Å². The molecule has 3 fully saturated rings. The van der Waals surface area contributed by atoms with E-state index in [1.807, 2.05) is 6.92 Å². The fourth-order valence-corrected chi connectivity index (χ4v) is 5.50. The second-order valence-electron chi connectivity index (χ2n) is 9.63. The van der Waals surface area contributed by atoms with Crippen molar-refractivity contribution in [2.75, 3.05) is 31.1 Å². The molecule has 0 amide bonds. The molecule has 7 nitrogen and oxygen atoms in total. The molecule has 4 heterocycles. The molecule has 1 aromatic carbocycles. The molecular formula is C24H32N4O3. The Hall–Kier alpha value is -2.12. The van der Waals surface area contributed by atoms with E-state index < -0.39 is 5.79 Å². The highest BCUT2D eigenvalue weighted by Gasteiger charge is 2.42. The number of aromatic nitrogens is 2. The number of hydrogen-bond donors (Lipinski definition) is 0. The van der Waals surface area contributed by atoms with Crippen molar-refractivity contribution < 1.29 is 13.9 Å². The summed E-state index contributed by atoms with van der Waals surface area (Å²) >= 11 is 0. The van der Waals surface area contributed by atoms with E-state index in [9.17, 15) is 0 Å². The van der Waals surface area contributed by atoms with Crippen molar-refractivity contribution in [1.29, 1.82) is 0 Å². The van der Waals surface area contributed by atoms with Crippen molar-refractivity contribution in [3.63, 3.8) is 0 Å². The summed E-state index contributed by atoms with van der Waals surface area (Å²) in [6, 6.07) is 7.42. The highest BCUT2D eigenvalue weighted by atomic mass is 16.7. The van der Waals surface area contributed by atoms with Gasteiger partial charge in [0.1, 0.15) is 5.75 Å². The van der Waals surface area contributed by atoms with Crippen LogP contribution in [0.3, 0.4) is 0 Å². The molecular weight excluding hydrogens is 392 g/mol. The molecule has 166 valence electrons. The fourth-order valence-electron chi connectivity index (χ4n) is 5.50. The van der Waals surface area contributed by atoms with Crippen molar-refractivity contribution in [1.82, 2.24) is 15.1 Å². The molecule has 2 aromatic rings. The SMILES string of the molecule is Cc1nnc(C2CCN(c3ccc4c(c3)COC3(CCN(C5CCC5)CC3)O4)CC2)o1. The minimum atomic E-state index is -0.421. The molecule has 0 radical (unpaired) electrons. The maximum absolute atomic E-state index is 6.46. The molecule has 0 atom stereocenters. The molecule has 0 N–H and O–H groups in total. The number of anilines is 1. The molecule has 4 aliphatic rings. The predicted molar refractivity (Wildman–Crippen MR) is 116 cm³/mol. The van der Waals surface area contributed by atoms with Gasteiger partial charge in [-0.25, -0.2) is 0 Å². The number of fused-ring (bicyclic) bond motifs is 1. The average Bonchev–Trinajstić information content (AvgIpc) is 3.20. The van der Waals surface area contributed by atoms with Crippen LogP contribution in [-0.4, -0.2) is 53.1 Å². The summed E-state index contributed by atoms with van der Waals surface area (Å²) in [5.74, 6) is 2.39. The van der Waals surface area contributed by atoms with Crippen LogP contribution in [-0.2, 0) is 11.3 Å². The maximum Gasteiger partial charge on any atom is 0.219 e. The molecule has 1 aliphatic carbocycles. The zero-order valence-electron chi connectivity index (χ0n) is 18.4. The lowest BCUT2D eigenvalue weighted by atomic mass is 9.89. The lowest BCUT2D eigenvalue weighted by Gasteiger charge is -2.47. The van der Waals surface area contributed by atoms with E-state index in [0.717, 1.165) is 69.5 Å². The number of hydrogen-bond acceptors (Lipinski definition) is 7. The van der Waals surface area contributed by atoms with Crippen LogP contribution in [0.1, 0.15) is 68.2 Å². The normalized spacial score (nSPS) is 24.6. The smallest absolute Gasteiger partial charge is 0.219 e. The van der Waals surface area contributed by atoms with Crippen LogP contribution in [0.25, 0.3) is 0 Å². The van der Waals surface area contributed by atoms with Crippen molar-refractivity contribution >= 4 is 5.69 Å². The molecule has 2 saturated heterocycles. The van der Waals surface area contributed by atoms with Gasteiger partial charge in [-0.3, -0.25) is 4.90 Å². The molecule has 7 heteroatoms. The zero-order chi connectivity index (χ0) is 20.8. The first-order valence-electron chi connectivity index (χ1n) is 11.9. The third-order valence-corrected chi connectivity index (χ3v) is 7.73. The number of aryl methyl sites for hydroxylation is 1. The first-order chi connectivity index (χ1) is 15.2. The molecule has 3 aliphatic heterocycles. The Morgan fingerprint density at radius 3 is 2.48 bits per heavy atom. The minimum absolute atomic E-state index is 0.368. The van der Waals surface area contributed by atoms with E-state index in [4.69, 9.17) is 13.9 Å². The van der Waals surface area contributed by atoms with Crippen LogP contribution in [0.5, 0.6) is 5.75 Å². The summed E-state index contributed by atoms with van der Waals surface area (Å²) in [4.78, 5) is 5.08. The third-order valence-electron chi connectivity index (χ3n) is 7.73. The largest absolute Gasteiger partial charge is 0.462 e. The van der Waals surface area contributed by atoms with Crippen molar-refractivity contribution in [2.45, 2.75) is 76.2 Å². The van der Waals surface area contributed by atoms with Gasteiger partial charge in [0.2, 0.25) is 17.6 Å². The Morgan fingerprint density at radius 1 is 1.00 bits per heavy atom. The van der Waals surface area contributed by atoms with Gasteiger partial charge in [0, 0.05) is 69.2 Å². The molecule has 1 saturated carbocycles. The van der Waals surface area contributed by atoms with E-state index in [0.29, 0.717) is 18.4 Å².